The summed E-state index contributed by atoms with van der Waals surface area (Å²) in [6.07, 6.45) is 6.91. The average molecular weight is 410 g/mol. The molecule has 0 bridgehead atoms. The van der Waals surface area contributed by atoms with Gasteiger partial charge in [-0.3, -0.25) is 14.6 Å². The zero-order valence-electron chi connectivity index (χ0n) is 16.4. The second kappa shape index (κ2) is 11.2. The van der Waals surface area contributed by atoms with Crippen molar-refractivity contribution in [3.63, 3.8) is 0 Å². The molecule has 0 fully saturated rings. The van der Waals surface area contributed by atoms with Gasteiger partial charge in [0.1, 0.15) is 11.5 Å². The molecule has 1 atom stereocenters. The monoisotopic (exact) mass is 409 g/mol. The van der Waals surface area contributed by atoms with Crippen molar-refractivity contribution in [1.29, 1.82) is 0 Å². The van der Waals surface area contributed by atoms with Gasteiger partial charge in [0.05, 0.1) is 23.7 Å². The number of carbonyl (C=O) groups is 2. The molecular formula is C20H25ClFN3O3. The van der Waals surface area contributed by atoms with Crippen LogP contribution in [0.3, 0.4) is 0 Å². The first-order chi connectivity index (χ1) is 13.2. The summed E-state index contributed by atoms with van der Waals surface area (Å²) in [5.74, 6) is -2.74. The number of hydrogen-bond acceptors (Lipinski definition) is 4. The van der Waals surface area contributed by atoms with E-state index < -0.39 is 24.1 Å². The van der Waals surface area contributed by atoms with Gasteiger partial charge in [-0.2, -0.15) is 5.10 Å². The molecule has 1 unspecified atom stereocenters. The predicted octanol–water partition coefficient (Wildman–Crippen LogP) is 4.12. The van der Waals surface area contributed by atoms with Gasteiger partial charge in [0, 0.05) is 18.5 Å². The number of hydrazone groups is 1. The Balaban J connectivity index is 3.15. The van der Waals surface area contributed by atoms with E-state index in [-0.39, 0.29) is 27.9 Å². The fourth-order valence-electron chi connectivity index (χ4n) is 2.37. The number of aliphatic carboxylic acids is 1. The maximum atomic E-state index is 14.1. The Morgan fingerprint density at radius 1 is 1.36 bits per heavy atom. The largest absolute Gasteiger partial charge is 0.481 e. The summed E-state index contributed by atoms with van der Waals surface area (Å²) in [4.78, 5) is 23.6. The first kappa shape index (κ1) is 23.4. The SMILES string of the molecule is C/C=C\CN(C)/N=C(/C(=O)Nc1cc(F)c(CC(=O)O)cc1Cl)C(C)/C=C\C. The molecule has 0 aliphatic carbocycles. The third-order valence-corrected chi connectivity index (χ3v) is 4.07. The Hall–Kier alpha value is -2.67. The lowest BCUT2D eigenvalue weighted by Gasteiger charge is -2.17. The van der Waals surface area contributed by atoms with Crippen molar-refractivity contribution in [2.45, 2.75) is 27.2 Å². The molecule has 1 aromatic carbocycles. The van der Waals surface area contributed by atoms with Gasteiger partial charge < -0.3 is 10.4 Å². The van der Waals surface area contributed by atoms with Crippen molar-refractivity contribution >= 4 is 34.9 Å². The molecule has 152 valence electrons. The van der Waals surface area contributed by atoms with E-state index in [9.17, 15) is 14.0 Å². The quantitative estimate of drug-likeness (QED) is 0.365. The molecule has 0 heterocycles. The summed E-state index contributed by atoms with van der Waals surface area (Å²) in [5, 5.41) is 17.4. The lowest BCUT2D eigenvalue weighted by Crippen LogP contribution is -2.30. The molecule has 28 heavy (non-hydrogen) atoms. The number of allylic oxidation sites excluding steroid dienone is 3. The number of benzene rings is 1. The van der Waals surface area contributed by atoms with Gasteiger partial charge in [0.15, 0.2) is 0 Å². The number of hydrogen-bond donors (Lipinski definition) is 2. The van der Waals surface area contributed by atoms with Gasteiger partial charge in [0.2, 0.25) is 0 Å². The molecule has 0 spiro atoms. The molecule has 0 saturated carbocycles. The zero-order chi connectivity index (χ0) is 21.3. The van der Waals surface area contributed by atoms with Crippen LogP contribution in [0.4, 0.5) is 10.1 Å². The third kappa shape index (κ3) is 7.15. The molecule has 0 aliphatic heterocycles. The van der Waals surface area contributed by atoms with Crippen LogP contribution in [-0.2, 0) is 16.0 Å². The molecule has 8 heteroatoms. The summed E-state index contributed by atoms with van der Waals surface area (Å²) in [5.41, 5.74) is 0.226. The highest BCUT2D eigenvalue weighted by molar-refractivity contribution is 6.45. The number of amides is 1. The van der Waals surface area contributed by atoms with Crippen LogP contribution in [0.5, 0.6) is 0 Å². The standard InChI is InChI=1S/C20H25ClFN3O3/c1-5-7-9-25(4)24-19(13(3)8-6-2)20(28)23-17-12-16(22)14(10-15(17)21)11-18(26)27/h5-8,10,12-13H,9,11H2,1-4H3,(H,23,28)(H,26,27)/b7-5-,8-6-,24-19+. The van der Waals surface area contributed by atoms with Crippen LogP contribution in [0.15, 0.2) is 41.5 Å². The second-order valence-corrected chi connectivity index (χ2v) is 6.56. The minimum atomic E-state index is -1.18. The van der Waals surface area contributed by atoms with Gasteiger partial charge in [-0.05, 0) is 26.0 Å². The molecule has 2 N–H and O–H groups in total. The molecule has 0 aromatic heterocycles. The fourth-order valence-corrected chi connectivity index (χ4v) is 2.61. The minimum absolute atomic E-state index is 0.0475. The van der Waals surface area contributed by atoms with Crippen LogP contribution < -0.4 is 5.32 Å². The summed E-state index contributed by atoms with van der Waals surface area (Å²) in [6, 6.07) is 2.21. The molecular weight excluding hydrogens is 385 g/mol. The van der Waals surface area contributed by atoms with E-state index in [0.717, 1.165) is 6.07 Å². The van der Waals surface area contributed by atoms with Crippen LogP contribution in [0, 0.1) is 11.7 Å². The van der Waals surface area contributed by atoms with Gasteiger partial charge >= 0.3 is 5.97 Å². The van der Waals surface area contributed by atoms with Crippen molar-refractivity contribution in [3.8, 4) is 0 Å². The lowest BCUT2D eigenvalue weighted by atomic mass is 10.0. The van der Waals surface area contributed by atoms with E-state index in [4.69, 9.17) is 16.7 Å². The zero-order valence-corrected chi connectivity index (χ0v) is 17.1. The van der Waals surface area contributed by atoms with Crippen LogP contribution in [0.1, 0.15) is 26.3 Å². The van der Waals surface area contributed by atoms with Crippen molar-refractivity contribution in [2.24, 2.45) is 11.0 Å². The molecule has 0 saturated heterocycles. The van der Waals surface area contributed by atoms with Gasteiger partial charge in [-0.15, -0.1) is 0 Å². The number of likely N-dealkylation sites (N-methyl/N-ethyl adjacent to an activating group) is 1. The first-order valence-electron chi connectivity index (χ1n) is 8.74. The van der Waals surface area contributed by atoms with E-state index >= 15 is 0 Å². The summed E-state index contributed by atoms with van der Waals surface area (Å²) < 4.78 is 14.1. The lowest BCUT2D eigenvalue weighted by molar-refractivity contribution is -0.136. The van der Waals surface area contributed by atoms with E-state index in [0.29, 0.717) is 6.54 Å². The summed E-state index contributed by atoms with van der Waals surface area (Å²) >= 11 is 6.10. The number of rotatable bonds is 9. The van der Waals surface area contributed by atoms with E-state index in [2.05, 4.69) is 10.4 Å². The third-order valence-electron chi connectivity index (χ3n) is 3.75. The average Bonchev–Trinajstić information content (AvgIpc) is 2.61. The number of carbonyl (C=O) groups excluding carboxylic acids is 1. The Morgan fingerprint density at radius 2 is 2.04 bits per heavy atom. The molecule has 1 rings (SSSR count). The molecule has 0 aliphatic rings. The van der Waals surface area contributed by atoms with Crippen molar-refractivity contribution in [3.05, 3.63) is 52.8 Å². The maximum absolute atomic E-state index is 14.1. The highest BCUT2D eigenvalue weighted by atomic mass is 35.5. The second-order valence-electron chi connectivity index (χ2n) is 6.16. The normalized spacial score (nSPS) is 13.1. The number of nitrogens with one attached hydrogen (secondary N) is 1. The van der Waals surface area contributed by atoms with Crippen molar-refractivity contribution in [1.82, 2.24) is 5.01 Å². The Labute approximate surface area is 169 Å². The number of carboxylic acids is 1. The van der Waals surface area contributed by atoms with Crippen molar-refractivity contribution < 1.29 is 19.1 Å². The van der Waals surface area contributed by atoms with Gasteiger partial charge in [-0.25, -0.2) is 4.39 Å². The predicted molar refractivity (Wildman–Crippen MR) is 110 cm³/mol. The number of nitrogens with zero attached hydrogens (tertiary/aromatic N) is 2. The molecule has 1 aromatic rings. The Morgan fingerprint density at radius 3 is 2.61 bits per heavy atom. The molecule has 0 radical (unpaired) electrons. The minimum Gasteiger partial charge on any atom is -0.481 e. The van der Waals surface area contributed by atoms with E-state index in [1.165, 1.54) is 6.07 Å². The topological polar surface area (TPSA) is 82.0 Å². The van der Waals surface area contributed by atoms with Crippen molar-refractivity contribution in [2.75, 3.05) is 18.9 Å². The Kier molecular flexibility index (Phi) is 9.38. The molecule has 1 amide bonds. The van der Waals surface area contributed by atoms with Gasteiger partial charge in [-0.1, -0.05) is 42.8 Å². The van der Waals surface area contributed by atoms with Gasteiger partial charge in [0.25, 0.3) is 5.91 Å². The van der Waals surface area contributed by atoms with Crippen LogP contribution in [0.25, 0.3) is 0 Å². The highest BCUT2D eigenvalue weighted by Crippen LogP contribution is 2.26. The number of anilines is 1. The highest BCUT2D eigenvalue weighted by Gasteiger charge is 2.20. The first-order valence-corrected chi connectivity index (χ1v) is 9.12. The summed E-state index contributed by atoms with van der Waals surface area (Å²) in [6.45, 7) is 6.07. The Bertz CT molecular complexity index is 806. The van der Waals surface area contributed by atoms with Crippen LogP contribution in [0.2, 0.25) is 5.02 Å². The molecule has 6 nitrogen and oxygen atoms in total. The smallest absolute Gasteiger partial charge is 0.307 e. The van der Waals surface area contributed by atoms with E-state index in [1.807, 2.05) is 45.1 Å². The fraction of sp³-hybridized carbons (Fsp3) is 0.350. The summed E-state index contributed by atoms with van der Waals surface area (Å²) in [7, 11) is 1.74. The number of carboxylic acid groups (broad SMARTS) is 1. The van der Waals surface area contributed by atoms with E-state index in [1.54, 1.807) is 12.1 Å². The van der Waals surface area contributed by atoms with Crippen LogP contribution >= 0.6 is 11.6 Å². The maximum Gasteiger partial charge on any atom is 0.307 e. The number of halogens is 2. The van der Waals surface area contributed by atoms with Crippen LogP contribution in [-0.4, -0.2) is 41.3 Å².